The molecule has 0 radical (unpaired) electrons. The van der Waals surface area contributed by atoms with Gasteiger partial charge >= 0.3 is 0 Å². The van der Waals surface area contributed by atoms with Gasteiger partial charge in [0.1, 0.15) is 0 Å². The monoisotopic (exact) mass is 276 g/mol. The molecule has 0 atom stereocenters. The smallest absolute Gasteiger partial charge is 0.257 e. The largest absolute Gasteiger partial charge is 0.322 e. The molecule has 0 aliphatic heterocycles. The van der Waals surface area contributed by atoms with Crippen molar-refractivity contribution in [1.82, 2.24) is 4.98 Å². The number of hydrogen-bond acceptors (Lipinski definition) is 2. The average Bonchev–Trinajstić information content (AvgIpc) is 2.40. The Morgan fingerprint density at radius 2 is 1.89 bits per heavy atom. The molecule has 1 aromatic heterocycles. The van der Waals surface area contributed by atoms with Crippen LogP contribution in [0, 0.1) is 0 Å². The molecule has 0 fully saturated rings. The van der Waals surface area contributed by atoms with Gasteiger partial charge in [-0.15, -0.1) is 12.4 Å². The quantitative estimate of drug-likeness (QED) is 0.924. The maximum Gasteiger partial charge on any atom is 0.257 e. The molecule has 4 heteroatoms. The van der Waals surface area contributed by atoms with Crippen molar-refractivity contribution in [3.63, 3.8) is 0 Å². The molecular weight excluding hydrogens is 260 g/mol. The number of amides is 1. The lowest BCUT2D eigenvalue weighted by molar-refractivity contribution is 0.102. The number of nitrogens with one attached hydrogen (secondary N) is 1. The van der Waals surface area contributed by atoms with Crippen LogP contribution in [0.5, 0.6) is 0 Å². The predicted octanol–water partition coefficient (Wildman–Crippen LogP) is 3.88. The molecule has 1 heterocycles. The van der Waals surface area contributed by atoms with Gasteiger partial charge in [-0.1, -0.05) is 32.0 Å². The lowest BCUT2D eigenvalue weighted by Gasteiger charge is -2.13. The van der Waals surface area contributed by atoms with Gasteiger partial charge in [-0.3, -0.25) is 9.78 Å². The number of aromatic nitrogens is 1. The van der Waals surface area contributed by atoms with Crippen molar-refractivity contribution in [2.75, 3.05) is 5.32 Å². The number of halogens is 1. The van der Waals surface area contributed by atoms with Gasteiger partial charge in [0.15, 0.2) is 0 Å². The number of carbonyl (C=O) groups excluding carboxylic acids is 1. The van der Waals surface area contributed by atoms with E-state index in [0.717, 1.165) is 11.3 Å². The Morgan fingerprint density at radius 3 is 2.53 bits per heavy atom. The fraction of sp³-hybridized carbons (Fsp3) is 0.200. The van der Waals surface area contributed by atoms with Crippen LogP contribution in [0.2, 0.25) is 0 Å². The second-order valence-corrected chi connectivity index (χ2v) is 4.44. The van der Waals surface area contributed by atoms with Crippen LogP contribution in [0.4, 0.5) is 5.69 Å². The van der Waals surface area contributed by atoms with Gasteiger partial charge in [0.25, 0.3) is 5.91 Å². The number of nitrogens with zero attached hydrogens (tertiary/aromatic N) is 1. The van der Waals surface area contributed by atoms with Crippen LogP contribution >= 0.6 is 12.4 Å². The molecule has 0 saturated heterocycles. The average molecular weight is 277 g/mol. The first-order chi connectivity index (χ1) is 8.68. The number of carbonyl (C=O) groups is 1. The van der Waals surface area contributed by atoms with Crippen LogP contribution in [-0.2, 0) is 0 Å². The molecular formula is C15H17ClN2O. The highest BCUT2D eigenvalue weighted by Crippen LogP contribution is 2.23. The zero-order valence-electron chi connectivity index (χ0n) is 11.0. The van der Waals surface area contributed by atoms with Gasteiger partial charge in [0.05, 0.1) is 5.56 Å². The van der Waals surface area contributed by atoms with Crippen molar-refractivity contribution < 1.29 is 4.79 Å². The Balaban J connectivity index is 0.00000180. The molecule has 1 amide bonds. The zero-order chi connectivity index (χ0) is 13.0. The summed E-state index contributed by atoms with van der Waals surface area (Å²) in [5, 5.41) is 2.93. The van der Waals surface area contributed by atoms with E-state index in [1.807, 2.05) is 24.3 Å². The summed E-state index contributed by atoms with van der Waals surface area (Å²) in [6, 6.07) is 11.4. The van der Waals surface area contributed by atoms with Gasteiger partial charge in [-0.2, -0.15) is 0 Å². The fourth-order valence-electron chi connectivity index (χ4n) is 1.81. The van der Waals surface area contributed by atoms with Gasteiger partial charge in [-0.25, -0.2) is 0 Å². The Kier molecular flexibility index (Phi) is 5.52. The summed E-state index contributed by atoms with van der Waals surface area (Å²) in [5.74, 6) is 0.242. The fourth-order valence-corrected chi connectivity index (χ4v) is 1.81. The number of anilines is 1. The molecule has 2 rings (SSSR count). The lowest BCUT2D eigenvalue weighted by Crippen LogP contribution is -2.13. The first-order valence-corrected chi connectivity index (χ1v) is 5.99. The van der Waals surface area contributed by atoms with Crippen LogP contribution in [0.15, 0.2) is 48.8 Å². The van der Waals surface area contributed by atoms with Crippen LogP contribution < -0.4 is 5.32 Å². The molecule has 0 saturated carbocycles. The highest BCUT2D eigenvalue weighted by Gasteiger charge is 2.10. The molecule has 0 aliphatic carbocycles. The van der Waals surface area contributed by atoms with Crippen molar-refractivity contribution >= 4 is 24.0 Å². The van der Waals surface area contributed by atoms with Crippen LogP contribution in [0.1, 0.15) is 35.7 Å². The third-order valence-electron chi connectivity index (χ3n) is 2.75. The molecule has 0 bridgehead atoms. The van der Waals surface area contributed by atoms with E-state index in [4.69, 9.17) is 0 Å². The highest BCUT2D eigenvalue weighted by molar-refractivity contribution is 6.04. The Hall–Kier alpha value is -1.87. The number of benzene rings is 1. The lowest BCUT2D eigenvalue weighted by atomic mass is 10.0. The van der Waals surface area contributed by atoms with E-state index in [0.29, 0.717) is 11.5 Å². The van der Waals surface area contributed by atoms with Crippen molar-refractivity contribution in [2.24, 2.45) is 0 Å². The minimum atomic E-state index is -0.129. The summed E-state index contributed by atoms with van der Waals surface area (Å²) in [6.07, 6.45) is 3.21. The van der Waals surface area contributed by atoms with Crippen LogP contribution in [0.25, 0.3) is 0 Å². The molecule has 0 aliphatic rings. The number of rotatable bonds is 3. The first kappa shape index (κ1) is 15.2. The van der Waals surface area contributed by atoms with Crippen LogP contribution in [0.3, 0.4) is 0 Å². The van der Waals surface area contributed by atoms with Crippen molar-refractivity contribution in [3.05, 3.63) is 59.9 Å². The van der Waals surface area contributed by atoms with E-state index in [9.17, 15) is 4.79 Å². The minimum Gasteiger partial charge on any atom is -0.322 e. The molecule has 19 heavy (non-hydrogen) atoms. The maximum absolute atomic E-state index is 12.0. The van der Waals surface area contributed by atoms with Crippen molar-refractivity contribution in [3.8, 4) is 0 Å². The molecule has 0 spiro atoms. The Morgan fingerprint density at radius 1 is 1.16 bits per heavy atom. The highest BCUT2D eigenvalue weighted by atomic mass is 35.5. The van der Waals surface area contributed by atoms with Crippen molar-refractivity contribution in [1.29, 1.82) is 0 Å². The topological polar surface area (TPSA) is 42.0 Å². The van der Waals surface area contributed by atoms with E-state index in [1.54, 1.807) is 24.5 Å². The van der Waals surface area contributed by atoms with Gasteiger partial charge in [-0.05, 0) is 29.7 Å². The molecule has 100 valence electrons. The predicted molar refractivity (Wildman–Crippen MR) is 80.0 cm³/mol. The van der Waals surface area contributed by atoms with Crippen molar-refractivity contribution in [2.45, 2.75) is 19.8 Å². The normalized spacial score (nSPS) is 9.84. The standard InChI is InChI=1S/C15H16N2O.ClH/c1-11(2)13-7-3-4-8-14(13)17-15(18)12-6-5-9-16-10-12;/h3-11H,1-2H3,(H,17,18);1H. The van der Waals surface area contributed by atoms with E-state index >= 15 is 0 Å². The van der Waals surface area contributed by atoms with E-state index in [2.05, 4.69) is 24.1 Å². The summed E-state index contributed by atoms with van der Waals surface area (Å²) in [5.41, 5.74) is 2.56. The van der Waals surface area contributed by atoms with Gasteiger partial charge in [0, 0.05) is 18.1 Å². The summed E-state index contributed by atoms with van der Waals surface area (Å²) >= 11 is 0. The third kappa shape index (κ3) is 3.80. The summed E-state index contributed by atoms with van der Waals surface area (Å²) < 4.78 is 0. The minimum absolute atomic E-state index is 0. The number of pyridine rings is 1. The Bertz CT molecular complexity index is 541. The second-order valence-electron chi connectivity index (χ2n) is 4.44. The van der Waals surface area contributed by atoms with Gasteiger partial charge < -0.3 is 5.32 Å². The van der Waals surface area contributed by atoms with E-state index < -0.39 is 0 Å². The summed E-state index contributed by atoms with van der Waals surface area (Å²) in [4.78, 5) is 16.0. The second kappa shape index (κ2) is 6.90. The first-order valence-electron chi connectivity index (χ1n) is 5.99. The molecule has 2 aromatic rings. The number of hydrogen-bond donors (Lipinski definition) is 1. The van der Waals surface area contributed by atoms with Gasteiger partial charge in [0.2, 0.25) is 0 Å². The summed E-state index contributed by atoms with van der Waals surface area (Å²) in [7, 11) is 0. The SMILES string of the molecule is CC(C)c1ccccc1NC(=O)c1cccnc1.Cl. The molecule has 0 unspecified atom stereocenters. The summed E-state index contributed by atoms with van der Waals surface area (Å²) in [6.45, 7) is 4.21. The van der Waals surface area contributed by atoms with E-state index in [1.165, 1.54) is 0 Å². The Labute approximate surface area is 119 Å². The molecule has 3 nitrogen and oxygen atoms in total. The number of para-hydroxylation sites is 1. The zero-order valence-corrected chi connectivity index (χ0v) is 11.8. The maximum atomic E-state index is 12.0. The molecule has 1 N–H and O–H groups in total. The third-order valence-corrected chi connectivity index (χ3v) is 2.75. The molecule has 1 aromatic carbocycles. The van der Waals surface area contributed by atoms with Crippen LogP contribution in [-0.4, -0.2) is 10.9 Å². The van der Waals surface area contributed by atoms with E-state index in [-0.39, 0.29) is 18.3 Å².